The third-order valence-electron chi connectivity index (χ3n) is 3.79. The normalized spacial score (nSPS) is 20.2. The van der Waals surface area contributed by atoms with Gasteiger partial charge in [-0.05, 0) is 25.3 Å². The van der Waals surface area contributed by atoms with Gasteiger partial charge in [-0.2, -0.15) is 0 Å². The van der Waals surface area contributed by atoms with E-state index >= 15 is 0 Å². The van der Waals surface area contributed by atoms with Crippen molar-refractivity contribution in [2.24, 2.45) is 10.9 Å². The second-order valence-corrected chi connectivity index (χ2v) is 7.64. The molecule has 0 aliphatic heterocycles. The van der Waals surface area contributed by atoms with Crippen LogP contribution < -0.4 is 15.4 Å². The SMILES string of the molecule is CCNC(=NCCNS(=O)(=O)c1cccc([N+](=O)[O-])c1)NC1CC1C. The van der Waals surface area contributed by atoms with Crippen LogP contribution in [-0.4, -0.2) is 45.0 Å². The number of non-ortho nitro benzene ring substituents is 1. The van der Waals surface area contributed by atoms with Gasteiger partial charge in [-0.1, -0.05) is 13.0 Å². The van der Waals surface area contributed by atoms with Crippen LogP contribution in [0.2, 0.25) is 0 Å². The van der Waals surface area contributed by atoms with Gasteiger partial charge in [-0.25, -0.2) is 13.1 Å². The van der Waals surface area contributed by atoms with Crippen molar-refractivity contribution >= 4 is 21.7 Å². The highest BCUT2D eigenvalue weighted by atomic mass is 32.2. The van der Waals surface area contributed by atoms with Crippen LogP contribution in [0, 0.1) is 16.0 Å². The first-order chi connectivity index (χ1) is 11.8. The molecule has 1 aromatic carbocycles. The van der Waals surface area contributed by atoms with E-state index in [9.17, 15) is 18.5 Å². The Bertz CT molecular complexity index is 750. The number of aliphatic imine (C=N–C) groups is 1. The molecule has 0 saturated heterocycles. The van der Waals surface area contributed by atoms with Gasteiger partial charge in [0.2, 0.25) is 10.0 Å². The maximum Gasteiger partial charge on any atom is 0.270 e. The van der Waals surface area contributed by atoms with Gasteiger partial charge in [0.15, 0.2) is 5.96 Å². The molecule has 1 aromatic rings. The zero-order valence-corrected chi connectivity index (χ0v) is 15.0. The minimum absolute atomic E-state index is 0.0990. The molecule has 138 valence electrons. The first-order valence-corrected chi connectivity index (χ1v) is 9.60. The predicted octanol–water partition coefficient (Wildman–Crippen LogP) is 0.837. The summed E-state index contributed by atoms with van der Waals surface area (Å²) in [5, 5.41) is 17.1. The fraction of sp³-hybridized carbons (Fsp3) is 0.533. The lowest BCUT2D eigenvalue weighted by atomic mass is 10.3. The van der Waals surface area contributed by atoms with Crippen LogP contribution in [0.25, 0.3) is 0 Å². The molecule has 1 fully saturated rings. The fourth-order valence-electron chi connectivity index (χ4n) is 2.21. The molecular weight excluding hydrogens is 346 g/mol. The summed E-state index contributed by atoms with van der Waals surface area (Å²) in [5.41, 5.74) is -0.266. The third-order valence-corrected chi connectivity index (χ3v) is 5.25. The van der Waals surface area contributed by atoms with Crippen molar-refractivity contribution in [2.45, 2.75) is 31.2 Å². The van der Waals surface area contributed by atoms with Crippen LogP contribution in [0.4, 0.5) is 5.69 Å². The molecule has 0 amide bonds. The highest BCUT2D eigenvalue weighted by molar-refractivity contribution is 7.89. The van der Waals surface area contributed by atoms with Crippen molar-refractivity contribution in [2.75, 3.05) is 19.6 Å². The molecule has 2 rings (SSSR count). The number of nitrogens with zero attached hydrogens (tertiary/aromatic N) is 2. The Morgan fingerprint density at radius 3 is 2.76 bits per heavy atom. The third kappa shape index (κ3) is 5.68. The van der Waals surface area contributed by atoms with E-state index in [1.807, 2.05) is 6.92 Å². The molecule has 25 heavy (non-hydrogen) atoms. The first kappa shape index (κ1) is 19.1. The van der Waals surface area contributed by atoms with Crippen molar-refractivity contribution < 1.29 is 13.3 Å². The lowest BCUT2D eigenvalue weighted by Gasteiger charge is -2.11. The quantitative estimate of drug-likeness (QED) is 0.205. The van der Waals surface area contributed by atoms with E-state index in [0.29, 0.717) is 24.5 Å². The summed E-state index contributed by atoms with van der Waals surface area (Å²) in [6, 6.07) is 5.36. The highest BCUT2D eigenvalue weighted by Gasteiger charge is 2.33. The van der Waals surface area contributed by atoms with E-state index in [1.54, 1.807) is 0 Å². The van der Waals surface area contributed by atoms with E-state index < -0.39 is 14.9 Å². The Morgan fingerprint density at radius 2 is 2.16 bits per heavy atom. The van der Waals surface area contributed by atoms with Crippen LogP contribution in [-0.2, 0) is 10.0 Å². The monoisotopic (exact) mass is 369 g/mol. The van der Waals surface area contributed by atoms with Crippen molar-refractivity contribution in [3.63, 3.8) is 0 Å². The number of hydrogen-bond acceptors (Lipinski definition) is 5. The van der Waals surface area contributed by atoms with Crippen molar-refractivity contribution in [1.29, 1.82) is 0 Å². The van der Waals surface area contributed by atoms with Gasteiger partial charge >= 0.3 is 0 Å². The standard InChI is InChI=1S/C15H23N5O4S/c1-3-16-15(19-14-9-11(14)2)17-7-8-18-25(23,24)13-6-4-5-12(10-13)20(21)22/h4-6,10-11,14,18H,3,7-9H2,1-2H3,(H2,16,17,19). The summed E-state index contributed by atoms with van der Waals surface area (Å²) < 4.78 is 26.8. The molecule has 0 aromatic heterocycles. The molecule has 3 N–H and O–H groups in total. The minimum Gasteiger partial charge on any atom is -0.357 e. The van der Waals surface area contributed by atoms with Crippen LogP contribution in [0.3, 0.4) is 0 Å². The minimum atomic E-state index is -3.81. The van der Waals surface area contributed by atoms with Gasteiger partial charge in [-0.15, -0.1) is 0 Å². The molecule has 2 atom stereocenters. The van der Waals surface area contributed by atoms with Crippen LogP contribution in [0.5, 0.6) is 0 Å². The zero-order valence-electron chi connectivity index (χ0n) is 14.2. The lowest BCUT2D eigenvalue weighted by molar-refractivity contribution is -0.385. The lowest BCUT2D eigenvalue weighted by Crippen LogP contribution is -2.39. The number of rotatable bonds is 8. The van der Waals surface area contributed by atoms with Gasteiger partial charge in [0.25, 0.3) is 5.69 Å². The Morgan fingerprint density at radius 1 is 1.44 bits per heavy atom. The molecule has 10 heteroatoms. The number of benzene rings is 1. The number of guanidine groups is 1. The van der Waals surface area contributed by atoms with Crippen molar-refractivity contribution in [3.05, 3.63) is 34.4 Å². The van der Waals surface area contributed by atoms with Gasteiger partial charge in [0, 0.05) is 31.3 Å². The summed E-state index contributed by atoms with van der Waals surface area (Å²) in [6.07, 6.45) is 1.10. The second-order valence-electron chi connectivity index (χ2n) is 5.88. The maximum atomic E-state index is 12.2. The van der Waals surface area contributed by atoms with E-state index in [-0.39, 0.29) is 23.7 Å². The summed E-state index contributed by atoms with van der Waals surface area (Å²) >= 11 is 0. The molecule has 0 spiro atoms. The van der Waals surface area contributed by atoms with Crippen LogP contribution in [0.15, 0.2) is 34.2 Å². The Kier molecular flexibility index (Phi) is 6.32. The largest absolute Gasteiger partial charge is 0.357 e. The van der Waals surface area contributed by atoms with E-state index in [2.05, 4.69) is 27.3 Å². The number of sulfonamides is 1. The van der Waals surface area contributed by atoms with E-state index in [0.717, 1.165) is 12.5 Å². The van der Waals surface area contributed by atoms with Gasteiger partial charge in [0.1, 0.15) is 0 Å². The summed E-state index contributed by atoms with van der Waals surface area (Å²) in [6.45, 7) is 5.17. The van der Waals surface area contributed by atoms with E-state index in [4.69, 9.17) is 0 Å². The number of hydrogen-bond donors (Lipinski definition) is 3. The van der Waals surface area contributed by atoms with Crippen LogP contribution in [0.1, 0.15) is 20.3 Å². The number of nitro groups is 1. The molecule has 2 unspecified atom stereocenters. The molecule has 1 aliphatic carbocycles. The fourth-order valence-corrected chi connectivity index (χ4v) is 3.27. The van der Waals surface area contributed by atoms with Crippen molar-refractivity contribution in [3.8, 4) is 0 Å². The number of nitro benzene ring substituents is 1. The molecule has 9 nitrogen and oxygen atoms in total. The van der Waals surface area contributed by atoms with Gasteiger partial charge in [-0.3, -0.25) is 15.1 Å². The second kappa shape index (κ2) is 8.26. The summed E-state index contributed by atoms with van der Waals surface area (Å²) in [7, 11) is -3.81. The first-order valence-electron chi connectivity index (χ1n) is 8.12. The van der Waals surface area contributed by atoms with Crippen molar-refractivity contribution in [1.82, 2.24) is 15.4 Å². The predicted molar refractivity (Wildman–Crippen MR) is 95.0 cm³/mol. The highest BCUT2D eigenvalue weighted by Crippen LogP contribution is 2.28. The summed E-state index contributed by atoms with van der Waals surface area (Å²) in [4.78, 5) is 14.3. The molecule has 0 radical (unpaired) electrons. The topological polar surface area (TPSA) is 126 Å². The number of nitrogens with one attached hydrogen (secondary N) is 3. The molecule has 1 aliphatic rings. The smallest absolute Gasteiger partial charge is 0.270 e. The average molecular weight is 369 g/mol. The molecule has 0 heterocycles. The molecular formula is C15H23N5O4S. The Hall–Kier alpha value is -2.20. The average Bonchev–Trinajstić information content (AvgIpc) is 3.26. The maximum absolute atomic E-state index is 12.2. The molecule has 0 bridgehead atoms. The Labute approximate surface area is 147 Å². The van der Waals surface area contributed by atoms with Gasteiger partial charge < -0.3 is 10.6 Å². The molecule has 1 saturated carbocycles. The Balaban J connectivity index is 1.91. The van der Waals surface area contributed by atoms with E-state index in [1.165, 1.54) is 18.2 Å². The zero-order chi connectivity index (χ0) is 18.4. The van der Waals surface area contributed by atoms with Gasteiger partial charge in [0.05, 0.1) is 16.4 Å². The van der Waals surface area contributed by atoms with Crippen LogP contribution >= 0.6 is 0 Å². The summed E-state index contributed by atoms with van der Waals surface area (Å²) in [5.74, 6) is 1.28.